The van der Waals surface area contributed by atoms with Gasteiger partial charge in [-0.25, -0.2) is 4.39 Å². The van der Waals surface area contributed by atoms with Crippen LogP contribution in [0.4, 0.5) is 4.39 Å². The highest BCUT2D eigenvalue weighted by molar-refractivity contribution is 7.99. The van der Waals surface area contributed by atoms with Crippen LogP contribution in [0.3, 0.4) is 0 Å². The Labute approximate surface area is 144 Å². The fourth-order valence-corrected chi connectivity index (χ4v) is 3.09. The maximum atomic E-state index is 13.5. The quantitative estimate of drug-likeness (QED) is 0.817. The molecule has 0 atom stereocenters. The molecule has 2 aromatic carbocycles. The average molecular weight is 347 g/mol. The number of rotatable bonds is 6. The van der Waals surface area contributed by atoms with Gasteiger partial charge in [0.25, 0.3) is 5.91 Å². The Kier molecular flexibility index (Phi) is 5.37. The lowest BCUT2D eigenvalue weighted by Gasteiger charge is -2.39. The minimum Gasteiger partial charge on any atom is -0.484 e. The van der Waals surface area contributed by atoms with E-state index in [0.29, 0.717) is 24.4 Å². The van der Waals surface area contributed by atoms with Crippen LogP contribution in [0.5, 0.6) is 5.75 Å². The summed E-state index contributed by atoms with van der Waals surface area (Å²) in [5, 5.41) is 8.81. The van der Waals surface area contributed by atoms with Gasteiger partial charge in [0.15, 0.2) is 11.6 Å². The first kappa shape index (κ1) is 16.8. The zero-order valence-electron chi connectivity index (χ0n) is 13.0. The molecule has 0 aromatic heterocycles. The predicted octanol–water partition coefficient (Wildman–Crippen LogP) is 2.81. The number of benzene rings is 2. The van der Waals surface area contributed by atoms with Crippen molar-refractivity contribution in [2.75, 3.05) is 25.4 Å². The first-order valence-corrected chi connectivity index (χ1v) is 8.70. The molecule has 6 heteroatoms. The lowest BCUT2D eigenvalue weighted by atomic mass is 10.1. The highest BCUT2D eigenvalue weighted by Crippen LogP contribution is 2.23. The van der Waals surface area contributed by atoms with Gasteiger partial charge in [0.05, 0.1) is 19.7 Å². The van der Waals surface area contributed by atoms with Crippen molar-refractivity contribution < 1.29 is 19.0 Å². The maximum absolute atomic E-state index is 13.5. The Bertz CT molecular complexity index is 702. The summed E-state index contributed by atoms with van der Waals surface area (Å²) < 4.78 is 19.1. The van der Waals surface area contributed by atoms with E-state index in [0.717, 1.165) is 4.90 Å². The van der Waals surface area contributed by atoms with E-state index in [1.807, 2.05) is 12.1 Å². The monoisotopic (exact) mass is 347 g/mol. The molecule has 24 heavy (non-hydrogen) atoms. The molecule has 0 bridgehead atoms. The van der Waals surface area contributed by atoms with E-state index >= 15 is 0 Å². The summed E-state index contributed by atoms with van der Waals surface area (Å²) in [7, 11) is 0. The molecule has 0 spiro atoms. The SMILES string of the molecule is O=C(c1ccc(SCCO)cc1)N1CC(Oc2ccccc2F)C1. The lowest BCUT2D eigenvalue weighted by molar-refractivity contribution is 0.0164. The Morgan fingerprint density at radius 1 is 1.21 bits per heavy atom. The number of para-hydroxylation sites is 1. The van der Waals surface area contributed by atoms with Crippen molar-refractivity contribution in [3.05, 3.63) is 59.9 Å². The van der Waals surface area contributed by atoms with Gasteiger partial charge in [-0.2, -0.15) is 0 Å². The molecule has 1 aliphatic rings. The number of hydrogen-bond acceptors (Lipinski definition) is 4. The summed E-state index contributed by atoms with van der Waals surface area (Å²) in [6.45, 7) is 1.03. The van der Waals surface area contributed by atoms with Crippen molar-refractivity contribution in [3.8, 4) is 5.75 Å². The molecule has 3 rings (SSSR count). The first-order chi connectivity index (χ1) is 11.7. The second kappa shape index (κ2) is 7.68. The zero-order valence-corrected chi connectivity index (χ0v) is 13.8. The van der Waals surface area contributed by atoms with Crippen LogP contribution < -0.4 is 4.74 Å². The van der Waals surface area contributed by atoms with Crippen molar-refractivity contribution in [1.29, 1.82) is 0 Å². The molecule has 1 amide bonds. The Balaban J connectivity index is 1.52. The smallest absolute Gasteiger partial charge is 0.254 e. The molecule has 0 saturated carbocycles. The number of carbonyl (C=O) groups is 1. The zero-order chi connectivity index (χ0) is 16.9. The van der Waals surface area contributed by atoms with E-state index in [1.165, 1.54) is 6.07 Å². The molecule has 1 heterocycles. The van der Waals surface area contributed by atoms with Gasteiger partial charge in [0, 0.05) is 16.2 Å². The van der Waals surface area contributed by atoms with Crippen LogP contribution in [0.1, 0.15) is 10.4 Å². The summed E-state index contributed by atoms with van der Waals surface area (Å²) in [6.07, 6.45) is -0.176. The Morgan fingerprint density at radius 3 is 2.58 bits per heavy atom. The summed E-state index contributed by atoms with van der Waals surface area (Å²) in [5.74, 6) is 0.411. The first-order valence-electron chi connectivity index (χ1n) is 7.71. The topological polar surface area (TPSA) is 49.8 Å². The third-order valence-electron chi connectivity index (χ3n) is 3.73. The molecular weight excluding hydrogens is 329 g/mol. The van der Waals surface area contributed by atoms with Crippen molar-refractivity contribution in [1.82, 2.24) is 4.90 Å². The van der Waals surface area contributed by atoms with Gasteiger partial charge >= 0.3 is 0 Å². The number of hydrogen-bond donors (Lipinski definition) is 1. The van der Waals surface area contributed by atoms with Crippen LogP contribution in [-0.2, 0) is 0 Å². The summed E-state index contributed by atoms with van der Waals surface area (Å²) in [6, 6.07) is 13.6. The fourth-order valence-electron chi connectivity index (χ4n) is 2.44. The van der Waals surface area contributed by atoms with Gasteiger partial charge in [-0.3, -0.25) is 4.79 Å². The molecule has 1 fully saturated rings. The second-order valence-corrected chi connectivity index (χ2v) is 6.65. The fraction of sp³-hybridized carbons (Fsp3) is 0.278. The number of aliphatic hydroxyl groups excluding tert-OH is 1. The minimum absolute atomic E-state index is 0.0536. The van der Waals surface area contributed by atoms with E-state index in [2.05, 4.69) is 0 Å². The van der Waals surface area contributed by atoms with Crippen molar-refractivity contribution in [3.63, 3.8) is 0 Å². The second-order valence-electron chi connectivity index (χ2n) is 5.48. The van der Waals surface area contributed by atoms with E-state index < -0.39 is 5.82 Å². The molecule has 1 aliphatic heterocycles. The average Bonchev–Trinajstić information content (AvgIpc) is 2.57. The lowest BCUT2D eigenvalue weighted by Crippen LogP contribution is -2.56. The Hall–Kier alpha value is -2.05. The molecule has 1 N–H and O–H groups in total. The third-order valence-corrected chi connectivity index (χ3v) is 4.72. The number of ether oxygens (including phenoxy) is 1. The van der Waals surface area contributed by atoms with Gasteiger partial charge in [-0.15, -0.1) is 11.8 Å². The van der Waals surface area contributed by atoms with Crippen molar-refractivity contribution >= 4 is 17.7 Å². The number of aliphatic hydroxyl groups is 1. The number of amides is 1. The summed E-state index contributed by atoms with van der Waals surface area (Å²) >= 11 is 1.54. The van der Waals surface area contributed by atoms with Crippen molar-refractivity contribution in [2.45, 2.75) is 11.0 Å². The highest BCUT2D eigenvalue weighted by Gasteiger charge is 2.33. The van der Waals surface area contributed by atoms with Crippen LogP contribution in [0, 0.1) is 5.82 Å². The van der Waals surface area contributed by atoms with E-state index in [1.54, 1.807) is 47.0 Å². The van der Waals surface area contributed by atoms with Gasteiger partial charge in [-0.1, -0.05) is 12.1 Å². The largest absolute Gasteiger partial charge is 0.484 e. The maximum Gasteiger partial charge on any atom is 0.254 e. The van der Waals surface area contributed by atoms with Crippen LogP contribution in [0.25, 0.3) is 0 Å². The molecule has 0 radical (unpaired) electrons. The number of thioether (sulfide) groups is 1. The van der Waals surface area contributed by atoms with Crippen LogP contribution in [-0.4, -0.2) is 47.5 Å². The number of likely N-dealkylation sites (tertiary alicyclic amines) is 1. The van der Waals surface area contributed by atoms with Gasteiger partial charge in [0.2, 0.25) is 0 Å². The molecular formula is C18H18FNO3S. The molecule has 0 aliphatic carbocycles. The van der Waals surface area contributed by atoms with Crippen molar-refractivity contribution in [2.24, 2.45) is 0 Å². The summed E-state index contributed by atoms with van der Waals surface area (Å²) in [5.41, 5.74) is 0.618. The highest BCUT2D eigenvalue weighted by atomic mass is 32.2. The van der Waals surface area contributed by atoms with E-state index in [4.69, 9.17) is 9.84 Å². The van der Waals surface area contributed by atoms with Gasteiger partial charge in [-0.05, 0) is 36.4 Å². The van der Waals surface area contributed by atoms with Crippen LogP contribution >= 0.6 is 11.8 Å². The van der Waals surface area contributed by atoms with Crippen LogP contribution in [0.15, 0.2) is 53.4 Å². The molecule has 2 aromatic rings. The van der Waals surface area contributed by atoms with Gasteiger partial charge < -0.3 is 14.7 Å². The molecule has 0 unspecified atom stereocenters. The molecule has 126 valence electrons. The van der Waals surface area contributed by atoms with Crippen LogP contribution in [0.2, 0.25) is 0 Å². The van der Waals surface area contributed by atoms with E-state index in [9.17, 15) is 9.18 Å². The summed E-state index contributed by atoms with van der Waals surface area (Å²) in [4.78, 5) is 15.1. The number of carbonyl (C=O) groups excluding carboxylic acids is 1. The Morgan fingerprint density at radius 2 is 1.92 bits per heavy atom. The predicted molar refractivity (Wildman–Crippen MR) is 91.0 cm³/mol. The molecule has 4 nitrogen and oxygen atoms in total. The number of halogens is 1. The minimum atomic E-state index is -0.391. The number of nitrogens with zero attached hydrogens (tertiary/aromatic N) is 1. The third kappa shape index (κ3) is 3.88. The van der Waals surface area contributed by atoms with Gasteiger partial charge in [0.1, 0.15) is 6.10 Å². The standard InChI is InChI=1S/C18H18FNO3S/c19-16-3-1-2-4-17(16)23-14-11-20(12-14)18(22)13-5-7-15(8-6-13)24-10-9-21/h1-8,14,21H,9-12H2. The molecule has 1 saturated heterocycles. The van der Waals surface area contributed by atoms with E-state index in [-0.39, 0.29) is 24.4 Å². The normalized spacial score (nSPS) is 14.3.